The SMILES string of the molecule is Cc1cc(C)c(C(=O)NCC(C)Oc2cccc(OC(C)CNC(=O)c3c(C)cc(C)cc3C)c2I)c(C)c1. The van der Waals surface area contributed by atoms with Gasteiger partial charge in [-0.3, -0.25) is 9.59 Å². The van der Waals surface area contributed by atoms with Crippen LogP contribution in [-0.4, -0.2) is 37.1 Å². The second kappa shape index (κ2) is 13.3. The molecule has 2 unspecified atom stereocenters. The zero-order valence-electron chi connectivity index (χ0n) is 24.1. The summed E-state index contributed by atoms with van der Waals surface area (Å²) in [6.07, 6.45) is -0.497. The Bertz CT molecular complexity index is 1220. The molecule has 0 saturated carbocycles. The van der Waals surface area contributed by atoms with Crippen molar-refractivity contribution in [2.45, 2.75) is 67.6 Å². The summed E-state index contributed by atoms with van der Waals surface area (Å²) in [5, 5.41) is 6.00. The highest BCUT2D eigenvalue weighted by atomic mass is 127. The van der Waals surface area contributed by atoms with Crippen molar-refractivity contribution in [3.05, 3.63) is 90.5 Å². The van der Waals surface area contributed by atoms with Gasteiger partial charge in [-0.1, -0.05) is 41.5 Å². The highest BCUT2D eigenvalue weighted by Gasteiger charge is 2.18. The van der Waals surface area contributed by atoms with Crippen LogP contribution in [-0.2, 0) is 0 Å². The quantitative estimate of drug-likeness (QED) is 0.247. The molecule has 0 spiro atoms. The van der Waals surface area contributed by atoms with E-state index in [4.69, 9.17) is 9.47 Å². The molecule has 2 amide bonds. The third kappa shape index (κ3) is 7.97. The molecular formula is C32H39IN2O4. The van der Waals surface area contributed by atoms with E-state index in [1.165, 1.54) is 0 Å². The number of carbonyl (C=O) groups is 2. The second-order valence-corrected chi connectivity index (χ2v) is 11.5. The Labute approximate surface area is 246 Å². The molecule has 39 heavy (non-hydrogen) atoms. The Morgan fingerprint density at radius 2 is 1.03 bits per heavy atom. The van der Waals surface area contributed by atoms with Crippen molar-refractivity contribution in [3.8, 4) is 11.5 Å². The van der Waals surface area contributed by atoms with Gasteiger partial charge in [0.2, 0.25) is 0 Å². The lowest BCUT2D eigenvalue weighted by Crippen LogP contribution is -2.35. The Morgan fingerprint density at radius 1 is 0.692 bits per heavy atom. The van der Waals surface area contributed by atoms with E-state index in [2.05, 4.69) is 33.2 Å². The highest BCUT2D eigenvalue weighted by molar-refractivity contribution is 14.1. The first kappa shape index (κ1) is 30.5. The fourth-order valence-electron chi connectivity index (χ4n) is 4.92. The molecule has 0 fully saturated rings. The largest absolute Gasteiger partial charge is 0.488 e. The first-order valence-corrected chi connectivity index (χ1v) is 14.3. The lowest BCUT2D eigenvalue weighted by molar-refractivity contribution is 0.0925. The molecule has 7 heteroatoms. The second-order valence-electron chi connectivity index (χ2n) is 10.4. The lowest BCUT2D eigenvalue weighted by Gasteiger charge is -2.21. The third-order valence-electron chi connectivity index (χ3n) is 6.49. The molecule has 3 aromatic carbocycles. The maximum absolute atomic E-state index is 12.8. The molecule has 3 rings (SSSR count). The third-order valence-corrected chi connectivity index (χ3v) is 7.56. The molecule has 0 heterocycles. The van der Waals surface area contributed by atoms with Gasteiger partial charge < -0.3 is 20.1 Å². The fourth-order valence-corrected chi connectivity index (χ4v) is 5.53. The van der Waals surface area contributed by atoms with Crippen molar-refractivity contribution in [3.63, 3.8) is 0 Å². The molecule has 0 aromatic heterocycles. The van der Waals surface area contributed by atoms with Gasteiger partial charge in [-0.05, 0) is 112 Å². The Balaban J connectivity index is 1.56. The van der Waals surface area contributed by atoms with Crippen LogP contribution in [0.5, 0.6) is 11.5 Å². The van der Waals surface area contributed by atoms with E-state index in [-0.39, 0.29) is 24.0 Å². The van der Waals surface area contributed by atoms with Crippen molar-refractivity contribution in [1.29, 1.82) is 0 Å². The van der Waals surface area contributed by atoms with Crippen molar-refractivity contribution >= 4 is 34.4 Å². The maximum Gasteiger partial charge on any atom is 0.251 e. The first-order valence-electron chi connectivity index (χ1n) is 13.2. The number of benzene rings is 3. The smallest absolute Gasteiger partial charge is 0.251 e. The van der Waals surface area contributed by atoms with E-state index in [0.717, 1.165) is 37.0 Å². The van der Waals surface area contributed by atoms with Gasteiger partial charge in [-0.2, -0.15) is 0 Å². The van der Waals surface area contributed by atoms with Crippen LogP contribution in [0.4, 0.5) is 0 Å². The van der Waals surface area contributed by atoms with Crippen LogP contribution in [0.25, 0.3) is 0 Å². The molecule has 0 aliphatic carbocycles. The normalized spacial score (nSPS) is 12.4. The van der Waals surface area contributed by atoms with E-state index in [1.54, 1.807) is 0 Å². The summed E-state index contributed by atoms with van der Waals surface area (Å²) in [7, 11) is 0. The number of halogens is 1. The number of rotatable bonds is 10. The molecule has 2 atom stereocenters. The molecule has 6 nitrogen and oxygen atoms in total. The van der Waals surface area contributed by atoms with Gasteiger partial charge in [0.25, 0.3) is 11.8 Å². The summed E-state index contributed by atoms with van der Waals surface area (Å²) in [6.45, 7) is 16.5. The van der Waals surface area contributed by atoms with Gasteiger partial charge in [0.15, 0.2) is 0 Å². The first-order chi connectivity index (χ1) is 18.4. The molecule has 0 saturated heterocycles. The molecule has 0 aliphatic rings. The zero-order chi connectivity index (χ0) is 28.9. The van der Waals surface area contributed by atoms with E-state index in [9.17, 15) is 9.59 Å². The van der Waals surface area contributed by atoms with Crippen molar-refractivity contribution < 1.29 is 19.1 Å². The van der Waals surface area contributed by atoms with Crippen LogP contribution in [0.2, 0.25) is 0 Å². The average Bonchev–Trinajstić information content (AvgIpc) is 2.82. The van der Waals surface area contributed by atoms with Gasteiger partial charge in [-0.15, -0.1) is 0 Å². The number of hydrogen-bond donors (Lipinski definition) is 2. The molecule has 208 valence electrons. The minimum atomic E-state index is -0.249. The Kier molecular flexibility index (Phi) is 10.4. The fraction of sp³-hybridized carbons (Fsp3) is 0.375. The summed E-state index contributed by atoms with van der Waals surface area (Å²) >= 11 is 2.21. The number of nitrogens with one attached hydrogen (secondary N) is 2. The standard InChI is InChI=1S/C32H39IN2O4/c1-18-12-20(3)28(21(4)13-18)31(36)34-16-24(7)38-26-10-9-11-27(30(26)33)39-25(8)17-35-32(37)29-22(5)14-19(2)15-23(29)6/h9-15,24-25H,16-17H2,1-8H3,(H,34,36)(H,35,37). The summed E-state index contributed by atoms with van der Waals surface area (Å²) in [5.74, 6) is 1.16. The summed E-state index contributed by atoms with van der Waals surface area (Å²) in [4.78, 5) is 25.7. The van der Waals surface area contributed by atoms with Crippen molar-refractivity contribution in [2.24, 2.45) is 0 Å². The number of amides is 2. The Hall–Kier alpha value is -3.07. The molecule has 0 radical (unpaired) electrons. The minimum Gasteiger partial charge on any atom is -0.488 e. The summed E-state index contributed by atoms with van der Waals surface area (Å²) < 4.78 is 13.1. The van der Waals surface area contributed by atoms with Gasteiger partial charge in [0, 0.05) is 11.1 Å². The van der Waals surface area contributed by atoms with E-state index < -0.39 is 0 Å². The van der Waals surface area contributed by atoms with Gasteiger partial charge in [0.1, 0.15) is 23.7 Å². The van der Waals surface area contributed by atoms with Crippen LogP contribution in [0.3, 0.4) is 0 Å². The molecule has 3 aromatic rings. The van der Waals surface area contributed by atoms with Crippen LogP contribution in [0.1, 0.15) is 67.9 Å². The van der Waals surface area contributed by atoms with Crippen LogP contribution < -0.4 is 20.1 Å². The van der Waals surface area contributed by atoms with Gasteiger partial charge in [-0.25, -0.2) is 0 Å². The number of carbonyl (C=O) groups excluding carboxylic acids is 2. The highest BCUT2D eigenvalue weighted by Crippen LogP contribution is 2.31. The summed E-state index contributed by atoms with van der Waals surface area (Å²) in [6, 6.07) is 13.7. The van der Waals surface area contributed by atoms with Crippen LogP contribution in [0.15, 0.2) is 42.5 Å². The van der Waals surface area contributed by atoms with E-state index >= 15 is 0 Å². The number of hydrogen-bond acceptors (Lipinski definition) is 4. The zero-order valence-corrected chi connectivity index (χ0v) is 26.3. The molecule has 0 bridgehead atoms. The predicted octanol–water partition coefficient (Wildman–Crippen LogP) is 6.54. The monoisotopic (exact) mass is 642 g/mol. The number of ether oxygens (including phenoxy) is 2. The van der Waals surface area contributed by atoms with Gasteiger partial charge >= 0.3 is 0 Å². The summed E-state index contributed by atoms with van der Waals surface area (Å²) in [5.41, 5.74) is 7.57. The van der Waals surface area contributed by atoms with E-state index in [1.807, 2.05) is 97.9 Å². The predicted molar refractivity (Wildman–Crippen MR) is 165 cm³/mol. The van der Waals surface area contributed by atoms with E-state index in [0.29, 0.717) is 35.7 Å². The average molecular weight is 643 g/mol. The maximum atomic E-state index is 12.8. The number of aryl methyl sites for hydroxylation is 6. The van der Waals surface area contributed by atoms with Crippen LogP contribution in [0, 0.1) is 45.1 Å². The van der Waals surface area contributed by atoms with Crippen LogP contribution >= 0.6 is 22.6 Å². The lowest BCUT2D eigenvalue weighted by atomic mass is 9.99. The van der Waals surface area contributed by atoms with Gasteiger partial charge in [0.05, 0.1) is 16.7 Å². The Morgan fingerprint density at radius 3 is 1.36 bits per heavy atom. The minimum absolute atomic E-state index is 0.0980. The molecule has 0 aliphatic heterocycles. The molecular weight excluding hydrogens is 603 g/mol. The molecule has 2 N–H and O–H groups in total. The topological polar surface area (TPSA) is 76.7 Å². The van der Waals surface area contributed by atoms with Crippen molar-refractivity contribution in [2.75, 3.05) is 13.1 Å². The van der Waals surface area contributed by atoms with Crippen molar-refractivity contribution in [1.82, 2.24) is 10.6 Å².